The van der Waals surface area contributed by atoms with Crippen molar-refractivity contribution in [2.75, 3.05) is 17.2 Å². The van der Waals surface area contributed by atoms with Crippen molar-refractivity contribution >= 4 is 50.6 Å². The summed E-state index contributed by atoms with van der Waals surface area (Å²) in [7, 11) is 1.96. The van der Waals surface area contributed by atoms with Crippen LogP contribution in [0.3, 0.4) is 0 Å². The largest absolute Gasteiger partial charge is 0.319 e. The molecule has 0 amide bonds. The van der Waals surface area contributed by atoms with Crippen molar-refractivity contribution in [2.45, 2.75) is 29.6 Å². The molecule has 3 heterocycles. The summed E-state index contributed by atoms with van der Waals surface area (Å²) in [6.07, 6.45) is 1.91. The number of hydrogen-bond donors (Lipinski definition) is 0. The van der Waals surface area contributed by atoms with Crippen LogP contribution in [0, 0.1) is 12.1 Å². The van der Waals surface area contributed by atoms with Crippen LogP contribution in [0.5, 0.6) is 0 Å². The average Bonchev–Trinajstić information content (AvgIpc) is 3.48. The number of anilines is 3. The molecule has 4 aromatic carbocycles. The Kier molecular flexibility index (Phi) is 7.18. The SMILES string of the molecule is CC(C)c1ccnc(-n2c3[c-]c(Sc4[c-]c(N5[OH+]N(C)c6ccccc65)ccc4)ccc3c3ccccc32)c1.[Pt]. The van der Waals surface area contributed by atoms with Crippen LogP contribution >= 0.6 is 11.8 Å². The van der Waals surface area contributed by atoms with Gasteiger partial charge in [0.1, 0.15) is 17.2 Å². The molecule has 0 unspecified atom stereocenters. The number of hydroxylamine groups is 1. The summed E-state index contributed by atoms with van der Waals surface area (Å²) in [6, 6.07) is 38.8. The molecule has 2 aromatic heterocycles. The van der Waals surface area contributed by atoms with Gasteiger partial charge in [0.05, 0.1) is 7.05 Å². The Morgan fingerprint density at radius 1 is 0.800 bits per heavy atom. The van der Waals surface area contributed by atoms with Gasteiger partial charge in [0, 0.05) is 38.5 Å². The standard InChI is InChI=1S/C33H26N4OS.Pt/c1-22(2)23-17-18-34-33(19-23)36-29-12-5-4-11-27(29)28-16-15-26(21-32(28)36)39-25-10-8-9-24(20-25)37-31-14-7-6-13-30(31)35(3)38-37;/h4-19,22H,1-3H3;/q-2;/p+1. The third-order valence-electron chi connectivity index (χ3n) is 7.11. The van der Waals surface area contributed by atoms with Crippen LogP contribution in [-0.4, -0.2) is 21.5 Å². The number of fused-ring (bicyclic) bond motifs is 4. The van der Waals surface area contributed by atoms with Gasteiger partial charge < -0.3 is 4.57 Å². The maximum Gasteiger partial charge on any atom is 0.145 e. The zero-order valence-corrected chi connectivity index (χ0v) is 25.4. The minimum Gasteiger partial charge on any atom is -0.319 e. The molecule has 0 aliphatic carbocycles. The van der Waals surface area contributed by atoms with Gasteiger partial charge in [-0.25, -0.2) is 4.98 Å². The third-order valence-corrected chi connectivity index (χ3v) is 8.02. The molecule has 0 saturated heterocycles. The molecule has 202 valence electrons. The van der Waals surface area contributed by atoms with E-state index in [9.17, 15) is 0 Å². The molecule has 0 bridgehead atoms. The van der Waals surface area contributed by atoms with E-state index in [2.05, 4.69) is 103 Å². The second-order valence-electron chi connectivity index (χ2n) is 9.96. The molecule has 1 aliphatic heterocycles. The quantitative estimate of drug-likeness (QED) is 0.132. The van der Waals surface area contributed by atoms with Gasteiger partial charge in [-0.3, -0.25) is 0 Å². The van der Waals surface area contributed by atoms with E-state index < -0.39 is 0 Å². The van der Waals surface area contributed by atoms with Crippen molar-refractivity contribution in [1.29, 1.82) is 0 Å². The number of aromatic nitrogens is 2. The van der Waals surface area contributed by atoms with E-state index in [1.165, 1.54) is 16.3 Å². The summed E-state index contributed by atoms with van der Waals surface area (Å²) in [5.41, 5.74) is 6.45. The Balaban J connectivity index is 0.00000289. The molecule has 7 heteroatoms. The smallest absolute Gasteiger partial charge is 0.145 e. The van der Waals surface area contributed by atoms with Crippen molar-refractivity contribution in [3.63, 3.8) is 0 Å². The Labute approximate surface area is 252 Å². The summed E-state index contributed by atoms with van der Waals surface area (Å²) < 4.78 is 2.23. The molecule has 0 fully saturated rings. The Hall–Kier alpha value is -3.57. The Morgan fingerprint density at radius 3 is 2.42 bits per heavy atom. The van der Waals surface area contributed by atoms with Crippen molar-refractivity contribution in [3.05, 3.63) is 115 Å². The van der Waals surface area contributed by atoms with Crippen LogP contribution in [0.1, 0.15) is 25.3 Å². The van der Waals surface area contributed by atoms with Crippen LogP contribution in [0.4, 0.5) is 17.1 Å². The monoisotopic (exact) mass is 722 g/mol. The topological polar surface area (TPSA) is 37.1 Å². The molecule has 40 heavy (non-hydrogen) atoms. The number of rotatable bonds is 5. The molecule has 6 aromatic rings. The maximum absolute atomic E-state index is 4.77. The van der Waals surface area contributed by atoms with Crippen molar-refractivity contribution in [2.24, 2.45) is 0 Å². The number of nitrogens with zero attached hydrogens (tertiary/aromatic N) is 4. The molecular weight excluding hydrogens is 696 g/mol. The zero-order valence-electron chi connectivity index (χ0n) is 22.3. The second-order valence-corrected chi connectivity index (χ2v) is 11.0. The molecule has 5 nitrogen and oxygen atoms in total. The van der Waals surface area contributed by atoms with Crippen LogP contribution in [0.25, 0.3) is 27.6 Å². The zero-order chi connectivity index (χ0) is 26.5. The summed E-state index contributed by atoms with van der Waals surface area (Å²) in [5.74, 6) is 1.34. The molecule has 1 N–H and O–H groups in total. The number of para-hydroxylation sites is 3. The van der Waals surface area contributed by atoms with Gasteiger partial charge in [0.15, 0.2) is 0 Å². The average molecular weight is 723 g/mol. The summed E-state index contributed by atoms with van der Waals surface area (Å²) in [6.45, 7) is 4.42. The van der Waals surface area contributed by atoms with E-state index in [0.717, 1.165) is 43.7 Å². The van der Waals surface area contributed by atoms with Crippen LogP contribution in [-0.2, 0) is 21.1 Å². The van der Waals surface area contributed by atoms with Crippen molar-refractivity contribution in [3.8, 4) is 5.82 Å². The fourth-order valence-corrected chi connectivity index (χ4v) is 5.97. The van der Waals surface area contributed by atoms with Crippen molar-refractivity contribution in [1.82, 2.24) is 9.55 Å². The van der Waals surface area contributed by atoms with E-state index in [1.807, 2.05) is 41.6 Å². The van der Waals surface area contributed by atoms with E-state index >= 15 is 0 Å². The number of hydrogen-bond acceptors (Lipinski definition) is 4. The van der Waals surface area contributed by atoms with E-state index in [4.69, 9.17) is 9.92 Å². The van der Waals surface area contributed by atoms with Gasteiger partial charge in [-0.1, -0.05) is 49.7 Å². The summed E-state index contributed by atoms with van der Waals surface area (Å²) in [5, 5.41) is 6.20. The minimum absolute atomic E-state index is 0. The first-order valence-corrected chi connectivity index (χ1v) is 13.8. The first kappa shape index (κ1) is 26.6. The van der Waals surface area contributed by atoms with E-state index in [0.29, 0.717) is 5.92 Å². The number of pyridine rings is 1. The van der Waals surface area contributed by atoms with Crippen molar-refractivity contribution < 1.29 is 26.0 Å². The fourth-order valence-electron chi connectivity index (χ4n) is 5.15. The van der Waals surface area contributed by atoms with Crippen LogP contribution < -0.4 is 10.1 Å². The molecule has 0 atom stereocenters. The molecule has 7 rings (SSSR count). The first-order valence-electron chi connectivity index (χ1n) is 13.0. The maximum atomic E-state index is 4.77. The van der Waals surface area contributed by atoms with E-state index in [-0.39, 0.29) is 21.1 Å². The van der Waals surface area contributed by atoms with Gasteiger partial charge in [-0.05, 0) is 47.2 Å². The van der Waals surface area contributed by atoms with E-state index in [1.54, 1.807) is 11.8 Å². The molecule has 0 saturated carbocycles. The van der Waals surface area contributed by atoms with Gasteiger partial charge in [0.2, 0.25) is 0 Å². The molecule has 0 spiro atoms. The van der Waals surface area contributed by atoms with Gasteiger partial charge in [-0.2, -0.15) is 29.2 Å². The normalized spacial score (nSPS) is 12.8. The fraction of sp³-hybridized carbons (Fsp3) is 0.121. The molecule has 0 radical (unpaired) electrons. The van der Waals surface area contributed by atoms with Gasteiger partial charge in [-0.15, -0.1) is 55.3 Å². The third kappa shape index (κ3) is 4.60. The Morgan fingerprint density at radius 2 is 1.57 bits per heavy atom. The second kappa shape index (κ2) is 10.8. The number of benzene rings is 4. The Bertz CT molecular complexity index is 1850. The summed E-state index contributed by atoms with van der Waals surface area (Å²) in [4.78, 5) is 11.5. The van der Waals surface area contributed by atoms with Crippen LogP contribution in [0.2, 0.25) is 0 Å². The van der Waals surface area contributed by atoms with Gasteiger partial charge in [0.25, 0.3) is 0 Å². The summed E-state index contributed by atoms with van der Waals surface area (Å²) >= 11 is 1.65. The minimum atomic E-state index is 0. The van der Waals surface area contributed by atoms with Crippen LogP contribution in [0.15, 0.2) is 107 Å². The predicted octanol–water partition coefficient (Wildman–Crippen LogP) is 8.48. The predicted molar refractivity (Wildman–Crippen MR) is 160 cm³/mol. The molecule has 1 aliphatic rings. The van der Waals surface area contributed by atoms with Gasteiger partial charge >= 0.3 is 0 Å². The molecular formula is C33H27N4OPtS-. The first-order chi connectivity index (χ1) is 19.1.